The summed E-state index contributed by atoms with van der Waals surface area (Å²) in [5, 5.41) is 11.7. The van der Waals surface area contributed by atoms with E-state index in [1.54, 1.807) is 6.08 Å². The van der Waals surface area contributed by atoms with Crippen LogP contribution in [0.1, 0.15) is 26.3 Å². The van der Waals surface area contributed by atoms with Gasteiger partial charge in [0.05, 0.1) is 5.71 Å². The van der Waals surface area contributed by atoms with Gasteiger partial charge in [0.1, 0.15) is 17.3 Å². The Bertz CT molecular complexity index is 862. The summed E-state index contributed by atoms with van der Waals surface area (Å²) in [6, 6.07) is 3.11. The van der Waals surface area contributed by atoms with Crippen LogP contribution in [0, 0.1) is 11.6 Å². The van der Waals surface area contributed by atoms with Gasteiger partial charge in [-0.3, -0.25) is 0 Å². The van der Waals surface area contributed by atoms with Crippen molar-refractivity contribution in [3.05, 3.63) is 95.5 Å². The molecule has 0 saturated heterocycles. The molecule has 0 aromatic heterocycles. The molecule has 0 aliphatic rings. The third kappa shape index (κ3) is 6.26. The van der Waals surface area contributed by atoms with Crippen molar-refractivity contribution in [2.75, 3.05) is 7.05 Å². The Kier molecular flexibility index (Phi) is 8.72. The first-order valence-electron chi connectivity index (χ1n) is 8.18. The largest absolute Gasteiger partial charge is 0.355 e. The molecule has 6 heteroatoms. The van der Waals surface area contributed by atoms with E-state index >= 15 is 0 Å². The first-order chi connectivity index (χ1) is 12.8. The van der Waals surface area contributed by atoms with Gasteiger partial charge < -0.3 is 4.84 Å². The van der Waals surface area contributed by atoms with E-state index in [-0.39, 0.29) is 17.0 Å². The minimum atomic E-state index is -0.601. The van der Waals surface area contributed by atoms with Crippen LogP contribution in [0.3, 0.4) is 0 Å². The first kappa shape index (κ1) is 21.9. The van der Waals surface area contributed by atoms with Crippen molar-refractivity contribution >= 4 is 5.71 Å². The van der Waals surface area contributed by atoms with E-state index in [0.29, 0.717) is 5.70 Å². The van der Waals surface area contributed by atoms with E-state index in [2.05, 4.69) is 28.5 Å². The Balaban J connectivity index is 3.22. The van der Waals surface area contributed by atoms with Crippen molar-refractivity contribution in [2.45, 2.75) is 20.8 Å². The van der Waals surface area contributed by atoms with Crippen LogP contribution in [0.4, 0.5) is 8.78 Å². The molecule has 0 heterocycles. The van der Waals surface area contributed by atoms with E-state index < -0.39 is 11.6 Å². The molecular weight excluding hydrogens is 348 g/mol. The lowest BCUT2D eigenvalue weighted by Crippen LogP contribution is -2.02. The molecule has 0 saturated carbocycles. The Hall–Kier alpha value is -3.15. The predicted molar refractivity (Wildman–Crippen MR) is 105 cm³/mol. The van der Waals surface area contributed by atoms with Crippen molar-refractivity contribution in [2.24, 2.45) is 15.4 Å². The highest BCUT2D eigenvalue weighted by Gasteiger charge is 2.12. The molecule has 0 atom stereocenters. The predicted octanol–water partition coefficient (Wildman–Crippen LogP) is 6.26. The van der Waals surface area contributed by atoms with Gasteiger partial charge in [-0.2, -0.15) is 10.2 Å². The van der Waals surface area contributed by atoms with Crippen LogP contribution >= 0.6 is 0 Å². The molecule has 0 radical (unpaired) electrons. The summed E-state index contributed by atoms with van der Waals surface area (Å²) in [5.74, 6) is -1.05. The molecule has 0 N–H and O–H groups in total. The summed E-state index contributed by atoms with van der Waals surface area (Å²) in [6.07, 6.45) is 7.22. The van der Waals surface area contributed by atoms with Crippen LogP contribution in [0.5, 0.6) is 0 Å². The number of benzene rings is 1. The molecule has 1 aromatic carbocycles. The van der Waals surface area contributed by atoms with Gasteiger partial charge in [0, 0.05) is 12.6 Å². The zero-order valence-corrected chi connectivity index (χ0v) is 16.0. The minimum Gasteiger partial charge on any atom is -0.355 e. The lowest BCUT2D eigenvalue weighted by molar-refractivity contribution is 0.236. The number of hydrogen-bond acceptors (Lipinski definition) is 4. The van der Waals surface area contributed by atoms with E-state index in [4.69, 9.17) is 4.84 Å². The molecule has 0 aliphatic carbocycles. The quantitative estimate of drug-likeness (QED) is 0.175. The second-order valence-corrected chi connectivity index (χ2v) is 5.45. The monoisotopic (exact) mass is 371 g/mol. The molecule has 0 spiro atoms. The van der Waals surface area contributed by atoms with Crippen LogP contribution in [-0.4, -0.2) is 12.8 Å². The molecule has 0 unspecified atom stereocenters. The highest BCUT2D eigenvalue weighted by atomic mass is 19.1. The summed E-state index contributed by atoms with van der Waals surface area (Å²) < 4.78 is 27.2. The average molecular weight is 371 g/mol. The summed E-state index contributed by atoms with van der Waals surface area (Å²) in [4.78, 5) is 5.31. The van der Waals surface area contributed by atoms with Gasteiger partial charge >= 0.3 is 0 Å². The number of nitrogens with zero attached hydrogens (tertiary/aromatic N) is 3. The second kappa shape index (κ2) is 10.8. The summed E-state index contributed by atoms with van der Waals surface area (Å²) in [5.41, 5.74) is 2.13. The maximum atomic E-state index is 13.8. The summed E-state index contributed by atoms with van der Waals surface area (Å²) >= 11 is 0. The van der Waals surface area contributed by atoms with Crippen LogP contribution in [0.25, 0.3) is 0 Å². The third-order valence-electron chi connectivity index (χ3n) is 3.51. The molecule has 27 heavy (non-hydrogen) atoms. The maximum Gasteiger partial charge on any atom is 0.178 e. The standard InChI is InChI=1S/C21H23F2N3O/c1-7-9-17(10-8-2)14(3)21(25-24-6)16(5)27-26-15(4)19-13-18(22)11-12-20(19)23/h7-13H,1,5H2,2-4,6H3/b10-8-,17-9+,21-14+,25-24?,26-15+. The number of allylic oxidation sites excluding steroid dienone is 6. The molecule has 0 aliphatic heterocycles. The Morgan fingerprint density at radius 2 is 1.93 bits per heavy atom. The minimum absolute atomic E-state index is 0.00308. The molecule has 4 nitrogen and oxygen atoms in total. The zero-order chi connectivity index (χ0) is 20.4. The van der Waals surface area contributed by atoms with E-state index in [9.17, 15) is 8.78 Å². The van der Waals surface area contributed by atoms with Gasteiger partial charge in [0.2, 0.25) is 0 Å². The van der Waals surface area contributed by atoms with Crippen molar-refractivity contribution in [1.29, 1.82) is 0 Å². The van der Waals surface area contributed by atoms with Gasteiger partial charge in [-0.1, -0.05) is 42.6 Å². The highest BCUT2D eigenvalue weighted by molar-refractivity contribution is 5.98. The topological polar surface area (TPSA) is 46.3 Å². The van der Waals surface area contributed by atoms with Crippen molar-refractivity contribution in [1.82, 2.24) is 0 Å². The fourth-order valence-corrected chi connectivity index (χ4v) is 2.18. The first-order valence-corrected chi connectivity index (χ1v) is 8.18. The van der Waals surface area contributed by atoms with Crippen molar-refractivity contribution < 1.29 is 13.6 Å². The smallest absolute Gasteiger partial charge is 0.178 e. The Morgan fingerprint density at radius 3 is 2.52 bits per heavy atom. The molecular formula is C21H23F2N3O. The highest BCUT2D eigenvalue weighted by Crippen LogP contribution is 2.24. The lowest BCUT2D eigenvalue weighted by atomic mass is 10.0. The van der Waals surface area contributed by atoms with Gasteiger partial charge in [-0.25, -0.2) is 8.78 Å². The second-order valence-electron chi connectivity index (χ2n) is 5.45. The normalized spacial score (nSPS) is 13.9. The number of halogens is 2. The SMILES string of the molecule is C=C/C=C(\C=C/C)C(/C)=C(/N=NC)C(=C)O/N=C(\C)c1cc(F)ccc1F. The molecule has 0 bridgehead atoms. The van der Waals surface area contributed by atoms with Crippen molar-refractivity contribution in [3.8, 4) is 0 Å². The van der Waals surface area contributed by atoms with Crippen LogP contribution in [-0.2, 0) is 4.84 Å². The fraction of sp³-hybridized carbons (Fsp3) is 0.190. The summed E-state index contributed by atoms with van der Waals surface area (Å²) in [6.45, 7) is 12.7. The Morgan fingerprint density at radius 1 is 1.22 bits per heavy atom. The van der Waals surface area contributed by atoms with Gasteiger partial charge in [0.25, 0.3) is 0 Å². The number of rotatable bonds is 8. The molecule has 0 fully saturated rings. The van der Waals surface area contributed by atoms with Crippen LogP contribution in [0.15, 0.2) is 93.6 Å². The lowest BCUT2D eigenvalue weighted by Gasteiger charge is -2.10. The number of azo groups is 1. The number of hydrogen-bond donors (Lipinski definition) is 0. The zero-order valence-electron chi connectivity index (χ0n) is 16.0. The molecule has 0 amide bonds. The number of oxime groups is 1. The van der Waals surface area contributed by atoms with E-state index in [1.807, 2.05) is 32.1 Å². The molecule has 142 valence electrons. The van der Waals surface area contributed by atoms with E-state index in [0.717, 1.165) is 29.3 Å². The fourth-order valence-electron chi connectivity index (χ4n) is 2.18. The van der Waals surface area contributed by atoms with Crippen molar-refractivity contribution in [3.63, 3.8) is 0 Å². The average Bonchev–Trinajstić information content (AvgIpc) is 2.65. The third-order valence-corrected chi connectivity index (χ3v) is 3.51. The Labute approximate surface area is 158 Å². The van der Waals surface area contributed by atoms with Crippen LogP contribution < -0.4 is 0 Å². The van der Waals surface area contributed by atoms with Crippen LogP contribution in [0.2, 0.25) is 0 Å². The maximum absolute atomic E-state index is 13.8. The van der Waals surface area contributed by atoms with Gasteiger partial charge in [0.15, 0.2) is 5.76 Å². The van der Waals surface area contributed by atoms with Gasteiger partial charge in [-0.05, 0) is 50.1 Å². The molecule has 1 rings (SSSR count). The molecule has 1 aromatic rings. The summed E-state index contributed by atoms with van der Waals surface area (Å²) in [7, 11) is 1.52. The van der Waals surface area contributed by atoms with E-state index in [1.165, 1.54) is 14.0 Å². The van der Waals surface area contributed by atoms with Gasteiger partial charge in [-0.15, -0.1) is 0 Å².